The van der Waals surface area contributed by atoms with Gasteiger partial charge in [-0.25, -0.2) is 9.78 Å². The largest absolute Gasteiger partial charge is 0.396 e. The number of aromatic nitrogens is 2. The van der Waals surface area contributed by atoms with Crippen molar-refractivity contribution in [3.63, 3.8) is 0 Å². The number of carbonyl (C=O) groups excluding carboxylic acids is 1. The Balaban J connectivity index is 1.49. The second-order valence-corrected chi connectivity index (χ2v) is 6.15. The third-order valence-electron chi connectivity index (χ3n) is 4.32. The number of imidazole rings is 1. The van der Waals surface area contributed by atoms with Gasteiger partial charge in [-0.15, -0.1) is 0 Å². The molecule has 122 valence electrons. The van der Waals surface area contributed by atoms with E-state index < -0.39 is 0 Å². The van der Waals surface area contributed by atoms with Crippen molar-refractivity contribution in [3.05, 3.63) is 54.1 Å². The lowest BCUT2D eigenvalue weighted by molar-refractivity contribution is 0.203. The maximum absolute atomic E-state index is 11.9. The van der Waals surface area contributed by atoms with Gasteiger partial charge in [0.05, 0.1) is 13.2 Å². The molecule has 2 aromatic rings. The molecule has 0 unspecified atom stereocenters. The third kappa shape index (κ3) is 4.10. The zero-order chi connectivity index (χ0) is 16.1. The van der Waals surface area contributed by atoms with Gasteiger partial charge in [-0.05, 0) is 18.4 Å². The summed E-state index contributed by atoms with van der Waals surface area (Å²) in [4.78, 5) is 16.2. The van der Waals surface area contributed by atoms with Gasteiger partial charge in [-0.3, -0.25) is 0 Å². The number of benzene rings is 1. The molecule has 1 heterocycles. The van der Waals surface area contributed by atoms with E-state index in [0.29, 0.717) is 13.1 Å². The molecule has 0 spiro atoms. The second kappa shape index (κ2) is 6.83. The molecule has 0 aliphatic heterocycles. The number of nitrogens with zero attached hydrogens (tertiary/aromatic N) is 2. The number of carbonyl (C=O) groups is 1. The van der Waals surface area contributed by atoms with Crippen LogP contribution in [0.15, 0.2) is 42.7 Å². The highest BCUT2D eigenvalue weighted by molar-refractivity contribution is 5.73. The maximum Gasteiger partial charge on any atom is 0.315 e. The molecule has 1 aliphatic carbocycles. The van der Waals surface area contributed by atoms with Crippen molar-refractivity contribution in [1.29, 1.82) is 0 Å². The fourth-order valence-electron chi connectivity index (χ4n) is 2.49. The first-order valence-electron chi connectivity index (χ1n) is 7.87. The van der Waals surface area contributed by atoms with Crippen LogP contribution >= 0.6 is 0 Å². The highest BCUT2D eigenvalue weighted by Gasteiger charge is 2.42. The van der Waals surface area contributed by atoms with E-state index in [1.165, 1.54) is 5.56 Å². The number of nitrogens with one attached hydrogen (secondary N) is 2. The average molecular weight is 314 g/mol. The Morgan fingerprint density at radius 1 is 1.26 bits per heavy atom. The molecule has 2 amide bonds. The summed E-state index contributed by atoms with van der Waals surface area (Å²) in [6.45, 7) is 1.76. The topological polar surface area (TPSA) is 79.2 Å². The van der Waals surface area contributed by atoms with E-state index in [0.717, 1.165) is 25.2 Å². The first-order valence-corrected chi connectivity index (χ1v) is 7.87. The molecule has 1 fully saturated rings. The van der Waals surface area contributed by atoms with Crippen molar-refractivity contribution in [2.75, 3.05) is 13.2 Å². The number of hydrogen-bond donors (Lipinski definition) is 3. The Hall–Kier alpha value is -2.34. The number of aliphatic hydroxyl groups excluding tert-OH is 1. The van der Waals surface area contributed by atoms with E-state index in [2.05, 4.69) is 27.8 Å². The van der Waals surface area contributed by atoms with Crippen LogP contribution in [0.5, 0.6) is 0 Å². The summed E-state index contributed by atoms with van der Waals surface area (Å²) < 4.78 is 2.02. The van der Waals surface area contributed by atoms with Gasteiger partial charge in [-0.2, -0.15) is 0 Å². The zero-order valence-electron chi connectivity index (χ0n) is 13.0. The van der Waals surface area contributed by atoms with Gasteiger partial charge in [0.2, 0.25) is 0 Å². The minimum absolute atomic E-state index is 0.0802. The minimum atomic E-state index is -0.223. The number of hydrogen-bond acceptors (Lipinski definition) is 3. The second-order valence-electron chi connectivity index (χ2n) is 6.15. The number of aliphatic hydroxyl groups is 1. The monoisotopic (exact) mass is 314 g/mol. The standard InChI is InChI=1S/C17H22N4O2/c22-13-17(6-7-17)12-20-16(23)19-10-15-18-8-9-21(15)11-14-4-2-1-3-5-14/h1-5,8-9,22H,6-7,10-13H2,(H2,19,20,23). The van der Waals surface area contributed by atoms with Gasteiger partial charge in [0.25, 0.3) is 0 Å². The first-order chi connectivity index (χ1) is 11.2. The molecule has 0 saturated heterocycles. The number of urea groups is 1. The summed E-state index contributed by atoms with van der Waals surface area (Å²) in [5.41, 5.74) is 1.11. The highest BCUT2D eigenvalue weighted by atomic mass is 16.3. The summed E-state index contributed by atoms with van der Waals surface area (Å²) in [5, 5.41) is 14.9. The van der Waals surface area contributed by atoms with Crippen molar-refractivity contribution in [3.8, 4) is 0 Å². The van der Waals surface area contributed by atoms with Gasteiger partial charge in [0.15, 0.2) is 0 Å². The van der Waals surface area contributed by atoms with E-state index in [9.17, 15) is 9.90 Å². The average Bonchev–Trinajstić information content (AvgIpc) is 3.24. The molecule has 1 aromatic heterocycles. The van der Waals surface area contributed by atoms with Crippen LogP contribution < -0.4 is 10.6 Å². The Kier molecular flexibility index (Phi) is 4.62. The Bertz CT molecular complexity index is 650. The lowest BCUT2D eigenvalue weighted by atomic mass is 10.1. The van der Waals surface area contributed by atoms with Crippen LogP contribution in [0, 0.1) is 5.41 Å². The van der Waals surface area contributed by atoms with Gasteiger partial charge in [-0.1, -0.05) is 30.3 Å². The van der Waals surface area contributed by atoms with Gasteiger partial charge < -0.3 is 20.3 Å². The van der Waals surface area contributed by atoms with Gasteiger partial charge in [0, 0.05) is 30.9 Å². The van der Waals surface area contributed by atoms with Gasteiger partial charge >= 0.3 is 6.03 Å². The van der Waals surface area contributed by atoms with Crippen molar-refractivity contribution in [2.24, 2.45) is 5.41 Å². The van der Waals surface area contributed by atoms with Crippen LogP contribution in [0.1, 0.15) is 24.2 Å². The van der Waals surface area contributed by atoms with E-state index in [4.69, 9.17) is 0 Å². The van der Waals surface area contributed by atoms with Crippen molar-refractivity contribution in [2.45, 2.75) is 25.9 Å². The molecule has 0 atom stereocenters. The van der Waals surface area contributed by atoms with Crippen LogP contribution in [0.25, 0.3) is 0 Å². The SMILES string of the molecule is O=C(NCc1nccn1Cc1ccccc1)NCC1(CO)CC1. The molecular weight excluding hydrogens is 292 g/mol. The highest BCUT2D eigenvalue weighted by Crippen LogP contribution is 2.44. The van der Waals surface area contributed by atoms with E-state index in [-0.39, 0.29) is 18.1 Å². The molecule has 1 aliphatic rings. The van der Waals surface area contributed by atoms with Crippen LogP contribution in [-0.2, 0) is 13.1 Å². The molecule has 3 N–H and O–H groups in total. The van der Waals surface area contributed by atoms with Crippen LogP contribution in [0.3, 0.4) is 0 Å². The normalized spacial score (nSPS) is 15.2. The molecule has 1 aromatic carbocycles. The zero-order valence-corrected chi connectivity index (χ0v) is 13.0. The predicted octanol–water partition coefficient (Wildman–Crippen LogP) is 1.50. The predicted molar refractivity (Wildman–Crippen MR) is 86.8 cm³/mol. The summed E-state index contributed by atoms with van der Waals surface area (Å²) >= 11 is 0. The third-order valence-corrected chi connectivity index (χ3v) is 4.32. The van der Waals surface area contributed by atoms with Crippen LogP contribution in [-0.4, -0.2) is 33.8 Å². The molecular formula is C17H22N4O2. The van der Waals surface area contributed by atoms with Gasteiger partial charge in [0.1, 0.15) is 5.82 Å². The molecule has 6 nitrogen and oxygen atoms in total. The van der Waals surface area contributed by atoms with E-state index in [1.54, 1.807) is 6.20 Å². The number of amides is 2. The molecule has 0 bridgehead atoms. The van der Waals surface area contributed by atoms with Crippen molar-refractivity contribution < 1.29 is 9.90 Å². The van der Waals surface area contributed by atoms with E-state index >= 15 is 0 Å². The van der Waals surface area contributed by atoms with E-state index in [1.807, 2.05) is 29.0 Å². The maximum atomic E-state index is 11.9. The fourth-order valence-corrected chi connectivity index (χ4v) is 2.49. The quantitative estimate of drug-likeness (QED) is 0.725. The summed E-state index contributed by atoms with van der Waals surface area (Å²) in [5.74, 6) is 0.812. The molecule has 3 rings (SSSR count). The molecule has 23 heavy (non-hydrogen) atoms. The lowest BCUT2D eigenvalue weighted by Gasteiger charge is -2.14. The van der Waals surface area contributed by atoms with Crippen molar-refractivity contribution >= 4 is 6.03 Å². The minimum Gasteiger partial charge on any atom is -0.396 e. The van der Waals surface area contributed by atoms with Crippen molar-refractivity contribution in [1.82, 2.24) is 20.2 Å². The Labute approximate surface area is 135 Å². The lowest BCUT2D eigenvalue weighted by Crippen LogP contribution is -2.39. The fraction of sp³-hybridized carbons (Fsp3) is 0.412. The molecule has 1 saturated carbocycles. The van der Waals surface area contributed by atoms with Crippen LogP contribution in [0.2, 0.25) is 0 Å². The summed E-state index contributed by atoms with van der Waals surface area (Å²) in [7, 11) is 0. The summed E-state index contributed by atoms with van der Waals surface area (Å²) in [6, 6.07) is 9.91. The summed E-state index contributed by atoms with van der Waals surface area (Å²) in [6.07, 6.45) is 5.60. The van der Waals surface area contributed by atoms with Crippen LogP contribution in [0.4, 0.5) is 4.79 Å². The Morgan fingerprint density at radius 2 is 2.04 bits per heavy atom. The Morgan fingerprint density at radius 3 is 2.74 bits per heavy atom. The smallest absolute Gasteiger partial charge is 0.315 e. The first kappa shape index (κ1) is 15.6. The molecule has 6 heteroatoms. The number of rotatable bonds is 7. The molecule has 0 radical (unpaired) electrons.